The molecule has 11 heteroatoms. The molecule has 0 aromatic rings. The highest BCUT2D eigenvalue weighted by atomic mass is 16.7. The predicted octanol–water partition coefficient (Wildman–Crippen LogP) is -1.88. The second-order valence-corrected chi connectivity index (χ2v) is 8.16. The number of nitrogens with zero attached hydrogens (tertiary/aromatic N) is 1. The third kappa shape index (κ3) is 7.35. The summed E-state index contributed by atoms with van der Waals surface area (Å²) in [5, 5.41) is 41.9. The van der Waals surface area contributed by atoms with Crippen LogP contribution < -0.4 is 5.32 Å². The monoisotopic (exact) mass is 448 g/mol. The number of methoxy groups -OCH3 is 1. The molecule has 0 radical (unpaired) electrons. The molecule has 2 fully saturated rings. The summed E-state index contributed by atoms with van der Waals surface area (Å²) in [6.07, 6.45) is -2.36. The van der Waals surface area contributed by atoms with Crippen LogP contribution in [0.3, 0.4) is 0 Å². The van der Waals surface area contributed by atoms with Gasteiger partial charge in [0.15, 0.2) is 6.29 Å². The minimum atomic E-state index is -1.35. The number of carbonyl (C=O) groups is 2. The van der Waals surface area contributed by atoms with E-state index >= 15 is 0 Å². The van der Waals surface area contributed by atoms with Gasteiger partial charge in [0.2, 0.25) is 11.8 Å². The molecule has 0 aromatic heterocycles. The van der Waals surface area contributed by atoms with Gasteiger partial charge in [-0.3, -0.25) is 9.59 Å². The van der Waals surface area contributed by atoms with Crippen LogP contribution in [0.15, 0.2) is 0 Å². The van der Waals surface area contributed by atoms with Crippen LogP contribution in [-0.2, 0) is 23.8 Å². The summed E-state index contributed by atoms with van der Waals surface area (Å²) >= 11 is 0. The average Bonchev–Trinajstić information content (AvgIpc) is 3.09. The maximum Gasteiger partial charge on any atom is 0.222 e. The van der Waals surface area contributed by atoms with Crippen molar-refractivity contribution >= 4 is 11.8 Å². The highest BCUT2D eigenvalue weighted by Gasteiger charge is 2.45. The number of amides is 2. The standard InChI is InChI=1S/C20H36N2O9/c1-12(24)21-17-19(28)18(27)15(10-23)31-20(17)30-7-5-3-4-6-16(26)22-9-14(25)8-13(22)11-29-2/h13-15,17-20,23,25,27-28H,3-11H2,1-2H3,(H,21,24)/t13-,14+,15?,17-,18-,19?,20+/m0/s1. The molecular formula is C20H36N2O9. The van der Waals surface area contributed by atoms with Gasteiger partial charge in [-0.2, -0.15) is 0 Å². The molecule has 0 aliphatic carbocycles. The number of nitrogens with one attached hydrogen (secondary N) is 1. The first-order chi connectivity index (χ1) is 14.8. The smallest absolute Gasteiger partial charge is 0.222 e. The summed E-state index contributed by atoms with van der Waals surface area (Å²) in [5.74, 6) is -0.419. The van der Waals surface area contributed by atoms with Crippen LogP contribution in [0.1, 0.15) is 39.0 Å². The lowest BCUT2D eigenvalue weighted by Gasteiger charge is -2.42. The Labute approximate surface area is 182 Å². The predicted molar refractivity (Wildman–Crippen MR) is 108 cm³/mol. The van der Waals surface area contributed by atoms with E-state index in [-0.39, 0.29) is 18.6 Å². The molecular weight excluding hydrogens is 412 g/mol. The molecule has 2 aliphatic heterocycles. The van der Waals surface area contributed by atoms with Crippen molar-refractivity contribution in [1.82, 2.24) is 10.2 Å². The van der Waals surface area contributed by atoms with Crippen LogP contribution in [-0.4, -0.2) is 113 Å². The topological polar surface area (TPSA) is 158 Å². The molecule has 0 bridgehead atoms. The van der Waals surface area contributed by atoms with Gasteiger partial charge in [-0.1, -0.05) is 6.42 Å². The van der Waals surface area contributed by atoms with E-state index in [4.69, 9.17) is 14.2 Å². The van der Waals surface area contributed by atoms with Gasteiger partial charge in [-0.15, -0.1) is 0 Å². The van der Waals surface area contributed by atoms with Crippen LogP contribution in [0.4, 0.5) is 0 Å². The molecule has 2 aliphatic rings. The molecule has 11 nitrogen and oxygen atoms in total. The maximum atomic E-state index is 12.4. The summed E-state index contributed by atoms with van der Waals surface area (Å²) in [6, 6.07) is -1.05. The number of hydrogen-bond acceptors (Lipinski definition) is 9. The molecule has 2 unspecified atom stereocenters. The molecule has 2 heterocycles. The Morgan fingerprint density at radius 1 is 1.16 bits per heavy atom. The molecule has 2 saturated heterocycles. The molecule has 0 spiro atoms. The maximum absolute atomic E-state index is 12.4. The molecule has 2 amide bonds. The summed E-state index contributed by atoms with van der Waals surface area (Å²) < 4.78 is 16.3. The van der Waals surface area contributed by atoms with Gasteiger partial charge in [-0.25, -0.2) is 0 Å². The molecule has 31 heavy (non-hydrogen) atoms. The zero-order chi connectivity index (χ0) is 23.0. The van der Waals surface area contributed by atoms with E-state index < -0.39 is 49.3 Å². The lowest BCUT2D eigenvalue weighted by Crippen LogP contribution is -2.64. The van der Waals surface area contributed by atoms with Crippen LogP contribution in [0.25, 0.3) is 0 Å². The average molecular weight is 449 g/mol. The minimum Gasteiger partial charge on any atom is -0.394 e. The fourth-order valence-corrected chi connectivity index (χ4v) is 4.06. The first-order valence-electron chi connectivity index (χ1n) is 10.8. The van der Waals surface area contributed by atoms with Crippen LogP contribution in [0.5, 0.6) is 0 Å². The SMILES string of the molecule is COC[C@@H]1C[C@@H](O)CN1C(=O)CCCCCO[C@@H]1OC(CO)[C@H](O)C(O)[C@@H]1NC(C)=O. The molecule has 0 saturated carbocycles. The first kappa shape index (κ1) is 25.9. The van der Waals surface area contributed by atoms with Gasteiger partial charge in [-0.05, 0) is 19.3 Å². The summed E-state index contributed by atoms with van der Waals surface area (Å²) in [4.78, 5) is 25.5. The van der Waals surface area contributed by atoms with E-state index in [9.17, 15) is 30.0 Å². The van der Waals surface area contributed by atoms with E-state index in [2.05, 4.69) is 5.32 Å². The number of unbranched alkanes of at least 4 members (excludes halogenated alkanes) is 2. The molecule has 2 rings (SSSR count). The summed E-state index contributed by atoms with van der Waals surface area (Å²) in [7, 11) is 1.57. The fraction of sp³-hybridized carbons (Fsp3) is 0.900. The van der Waals surface area contributed by atoms with Crippen molar-refractivity contribution < 1.29 is 44.2 Å². The summed E-state index contributed by atoms with van der Waals surface area (Å²) in [6.45, 7) is 1.78. The lowest BCUT2D eigenvalue weighted by atomic mass is 9.97. The number of ether oxygens (including phenoxy) is 3. The third-order valence-electron chi connectivity index (χ3n) is 5.64. The normalized spacial score (nSPS) is 33.5. The first-order valence-corrected chi connectivity index (χ1v) is 10.8. The Kier molecular flexibility index (Phi) is 10.6. The van der Waals surface area contributed by atoms with Crippen molar-refractivity contribution in [2.45, 2.75) is 81.8 Å². The minimum absolute atomic E-state index is 0.0104. The Hall–Kier alpha value is -1.34. The quantitative estimate of drug-likeness (QED) is 0.228. The number of β-amino-alcohol motifs (C(OH)–C–C–N with tert-alkyl or cyclic N) is 1. The van der Waals surface area contributed by atoms with Crippen molar-refractivity contribution in [2.75, 3.05) is 33.5 Å². The van der Waals surface area contributed by atoms with Crippen LogP contribution >= 0.6 is 0 Å². The lowest BCUT2D eigenvalue weighted by molar-refractivity contribution is -0.270. The summed E-state index contributed by atoms with van der Waals surface area (Å²) in [5.41, 5.74) is 0. The van der Waals surface area contributed by atoms with Gasteiger partial charge in [0, 0.05) is 33.6 Å². The zero-order valence-corrected chi connectivity index (χ0v) is 18.2. The molecule has 0 aromatic carbocycles. The van der Waals surface area contributed by atoms with Crippen molar-refractivity contribution in [3.05, 3.63) is 0 Å². The van der Waals surface area contributed by atoms with E-state index in [0.29, 0.717) is 45.3 Å². The number of carbonyl (C=O) groups excluding carboxylic acids is 2. The Morgan fingerprint density at radius 2 is 1.90 bits per heavy atom. The van der Waals surface area contributed by atoms with E-state index in [0.717, 1.165) is 0 Å². The highest BCUT2D eigenvalue weighted by molar-refractivity contribution is 5.77. The Balaban J connectivity index is 1.73. The third-order valence-corrected chi connectivity index (χ3v) is 5.64. The van der Waals surface area contributed by atoms with Crippen molar-refractivity contribution in [2.24, 2.45) is 0 Å². The van der Waals surface area contributed by atoms with Gasteiger partial charge in [0.05, 0.1) is 25.4 Å². The van der Waals surface area contributed by atoms with Gasteiger partial charge < -0.3 is 44.9 Å². The second kappa shape index (κ2) is 12.6. The van der Waals surface area contributed by atoms with Gasteiger partial charge in [0.25, 0.3) is 0 Å². The highest BCUT2D eigenvalue weighted by Crippen LogP contribution is 2.23. The zero-order valence-electron chi connectivity index (χ0n) is 18.2. The van der Waals surface area contributed by atoms with E-state index in [1.54, 1.807) is 12.0 Å². The van der Waals surface area contributed by atoms with Crippen molar-refractivity contribution in [3.63, 3.8) is 0 Å². The second-order valence-electron chi connectivity index (χ2n) is 8.16. The molecule has 5 N–H and O–H groups in total. The fourth-order valence-electron chi connectivity index (χ4n) is 4.06. The van der Waals surface area contributed by atoms with Gasteiger partial charge in [0.1, 0.15) is 24.4 Å². The Morgan fingerprint density at radius 3 is 2.55 bits per heavy atom. The number of rotatable bonds is 11. The van der Waals surface area contributed by atoms with Crippen LogP contribution in [0.2, 0.25) is 0 Å². The number of aliphatic hydroxyl groups is 4. The molecule has 7 atom stereocenters. The van der Waals surface area contributed by atoms with E-state index in [1.807, 2.05) is 0 Å². The van der Waals surface area contributed by atoms with Gasteiger partial charge >= 0.3 is 0 Å². The molecule has 180 valence electrons. The van der Waals surface area contributed by atoms with E-state index in [1.165, 1.54) is 6.92 Å². The number of aliphatic hydroxyl groups excluding tert-OH is 4. The van der Waals surface area contributed by atoms with Crippen molar-refractivity contribution in [3.8, 4) is 0 Å². The Bertz CT molecular complexity index is 579. The largest absolute Gasteiger partial charge is 0.394 e. The van der Waals surface area contributed by atoms with Crippen LogP contribution in [0, 0.1) is 0 Å². The number of hydrogen-bond donors (Lipinski definition) is 5. The van der Waals surface area contributed by atoms with Crippen molar-refractivity contribution in [1.29, 1.82) is 0 Å². The number of likely N-dealkylation sites (tertiary alicyclic amines) is 1.